The Hall–Kier alpha value is -4.41. The SMILES string of the molecule is Cc1cc2ccccc2[cH-]1.Cc1cc2ccccc2[cH-]1.[C-]1=CC=CC1.[C-]1=CC=CC1.[Cl-].[Cl-].[Zr+2]=[C](c1ccccc1)c1ccccc1.[Zr+2]=[C](c1ccccc1)c1ccccc1. The van der Waals surface area contributed by atoms with Gasteiger partial charge < -0.3 is 24.8 Å². The molecular formula is C56H48Cl2Zr2-2. The predicted molar refractivity (Wildman–Crippen MR) is 244 cm³/mol. The van der Waals surface area contributed by atoms with Crippen molar-refractivity contribution in [2.75, 3.05) is 0 Å². The molecule has 0 aliphatic heterocycles. The quantitative estimate of drug-likeness (QED) is 0.157. The molecule has 60 heavy (non-hydrogen) atoms. The fourth-order valence-electron chi connectivity index (χ4n) is 6.05. The zero-order valence-corrected chi connectivity index (χ0v) is 40.5. The molecule has 0 bridgehead atoms. The third-order valence-corrected chi connectivity index (χ3v) is 11.8. The van der Waals surface area contributed by atoms with E-state index in [4.69, 9.17) is 0 Å². The number of fused-ring (bicyclic) bond motifs is 2. The van der Waals surface area contributed by atoms with Gasteiger partial charge in [0.05, 0.1) is 0 Å². The van der Waals surface area contributed by atoms with E-state index in [-0.39, 0.29) is 24.8 Å². The average molecular weight is 974 g/mol. The summed E-state index contributed by atoms with van der Waals surface area (Å²) >= 11 is 2.92. The van der Waals surface area contributed by atoms with Crippen LogP contribution in [-0.4, -0.2) is 6.41 Å². The van der Waals surface area contributed by atoms with Crippen molar-refractivity contribution in [3.8, 4) is 0 Å². The Balaban J connectivity index is 0.000000197. The number of hydrogen-bond donors (Lipinski definition) is 0. The van der Waals surface area contributed by atoms with Crippen molar-refractivity contribution >= 4 is 28.0 Å². The fourth-order valence-corrected chi connectivity index (χ4v) is 7.68. The summed E-state index contributed by atoms with van der Waals surface area (Å²) < 4.78 is 2.83. The van der Waals surface area contributed by atoms with Crippen molar-refractivity contribution in [2.24, 2.45) is 0 Å². The molecule has 0 radical (unpaired) electrons. The second kappa shape index (κ2) is 28.9. The van der Waals surface area contributed by atoms with Crippen molar-refractivity contribution in [3.05, 3.63) is 276 Å². The van der Waals surface area contributed by atoms with E-state index in [2.05, 4.69) is 232 Å². The first-order chi connectivity index (χ1) is 28.5. The van der Waals surface area contributed by atoms with Crippen LogP contribution in [0.2, 0.25) is 0 Å². The van der Waals surface area contributed by atoms with Gasteiger partial charge in [0.2, 0.25) is 0 Å². The Kier molecular flexibility index (Phi) is 24.1. The fraction of sp³-hybridized carbons (Fsp3) is 0.0714. The van der Waals surface area contributed by atoms with Gasteiger partial charge in [-0.1, -0.05) is 26.0 Å². The number of halogens is 2. The molecule has 0 spiro atoms. The number of allylic oxidation sites excluding steroid dienone is 8. The van der Waals surface area contributed by atoms with Crippen molar-refractivity contribution in [3.63, 3.8) is 0 Å². The van der Waals surface area contributed by atoms with Crippen LogP contribution in [0, 0.1) is 26.0 Å². The van der Waals surface area contributed by atoms with Gasteiger partial charge in [-0.05, 0) is 0 Å². The van der Waals surface area contributed by atoms with Crippen LogP contribution in [0.15, 0.2) is 231 Å². The summed E-state index contributed by atoms with van der Waals surface area (Å²) in [5.41, 5.74) is 8.02. The summed E-state index contributed by atoms with van der Waals surface area (Å²) in [7, 11) is 0. The minimum atomic E-state index is 0. The zero-order valence-electron chi connectivity index (χ0n) is 34.1. The van der Waals surface area contributed by atoms with Crippen molar-refractivity contribution in [1.82, 2.24) is 0 Å². The van der Waals surface area contributed by atoms with Gasteiger partial charge in [0.15, 0.2) is 0 Å². The Morgan fingerprint density at radius 3 is 0.933 bits per heavy atom. The van der Waals surface area contributed by atoms with E-state index in [1.54, 1.807) is 0 Å². The molecule has 8 aromatic rings. The topological polar surface area (TPSA) is 0 Å². The Labute approximate surface area is 400 Å². The molecule has 2 aliphatic rings. The summed E-state index contributed by atoms with van der Waals surface area (Å²) in [5, 5.41) is 5.39. The van der Waals surface area contributed by atoms with E-state index in [9.17, 15) is 0 Å². The van der Waals surface area contributed by atoms with E-state index >= 15 is 0 Å². The Bertz CT molecular complexity index is 2190. The Morgan fingerprint density at radius 1 is 0.417 bits per heavy atom. The molecule has 0 saturated heterocycles. The Morgan fingerprint density at radius 2 is 0.700 bits per heavy atom. The summed E-state index contributed by atoms with van der Waals surface area (Å²) in [6.45, 7) is 4.25. The van der Waals surface area contributed by atoms with Gasteiger partial charge in [-0.25, -0.2) is 24.3 Å². The van der Waals surface area contributed by atoms with Crippen LogP contribution in [0.1, 0.15) is 46.2 Å². The normalized spacial score (nSPS) is 11.0. The number of benzene rings is 6. The molecule has 0 aromatic heterocycles. The van der Waals surface area contributed by atoms with Gasteiger partial charge in [0, 0.05) is 0 Å². The molecule has 296 valence electrons. The van der Waals surface area contributed by atoms with Crippen LogP contribution in [0.3, 0.4) is 0 Å². The minimum absolute atomic E-state index is 0. The van der Waals surface area contributed by atoms with Gasteiger partial charge in [-0.2, -0.15) is 24.3 Å². The van der Waals surface area contributed by atoms with Crippen molar-refractivity contribution < 1.29 is 73.3 Å². The predicted octanol–water partition coefficient (Wildman–Crippen LogP) is 7.96. The third kappa shape index (κ3) is 17.7. The van der Waals surface area contributed by atoms with Crippen molar-refractivity contribution in [1.29, 1.82) is 0 Å². The van der Waals surface area contributed by atoms with Gasteiger partial charge >= 0.3 is 198 Å². The van der Waals surface area contributed by atoms with Crippen LogP contribution in [0.4, 0.5) is 0 Å². The first-order valence-electron chi connectivity index (χ1n) is 19.5. The molecule has 0 fully saturated rings. The summed E-state index contributed by atoms with van der Waals surface area (Å²) in [6.07, 6.45) is 20.0. The molecule has 8 aromatic carbocycles. The standard InChI is InChI=1S/2C13H10.2C10H9.2C5H5.2ClH.2Zr/c2*1-3-7-12(8-4-1)11-13-9-5-2-6-10-13;2*1-8-6-9-4-2-3-5-10(9)7-8;2*1-2-4-5-3-1;;;;/h2*1-10H;2*2-7H,1H3;2*1-3H,4H2;2*1H;;/q;;4*-1;;;2*+2/p-2. The van der Waals surface area contributed by atoms with Gasteiger partial charge in [-0.15, -0.1) is 94.0 Å². The van der Waals surface area contributed by atoms with Gasteiger partial charge in [0.25, 0.3) is 0 Å². The van der Waals surface area contributed by atoms with Crippen molar-refractivity contribution in [2.45, 2.75) is 26.7 Å². The first-order valence-corrected chi connectivity index (χ1v) is 22.0. The molecule has 0 saturated carbocycles. The number of rotatable bonds is 4. The molecule has 0 amide bonds. The molecule has 0 nitrogen and oxygen atoms in total. The zero-order chi connectivity index (χ0) is 40.6. The van der Waals surface area contributed by atoms with Crippen LogP contribution in [0.25, 0.3) is 21.5 Å². The molecule has 0 atom stereocenters. The number of aryl methyl sites for hydroxylation is 2. The van der Waals surface area contributed by atoms with E-state index in [0.717, 1.165) is 12.8 Å². The van der Waals surface area contributed by atoms with E-state index < -0.39 is 0 Å². The van der Waals surface area contributed by atoms with Crippen LogP contribution in [-0.2, 0) is 48.5 Å². The molecular weight excluding hydrogens is 926 g/mol. The summed E-state index contributed by atoms with van der Waals surface area (Å²) in [4.78, 5) is 0. The second-order valence-corrected chi connectivity index (χ2v) is 16.0. The molecule has 0 N–H and O–H groups in total. The summed E-state index contributed by atoms with van der Waals surface area (Å²) in [5.74, 6) is 0. The monoisotopic (exact) mass is 970 g/mol. The molecule has 4 heteroatoms. The van der Waals surface area contributed by atoms with Crippen LogP contribution < -0.4 is 24.8 Å². The number of hydrogen-bond acceptors (Lipinski definition) is 0. The molecule has 2 aliphatic carbocycles. The summed E-state index contributed by atoms with van der Waals surface area (Å²) in [6, 6.07) is 67.9. The third-order valence-electron chi connectivity index (χ3n) is 8.95. The van der Waals surface area contributed by atoms with E-state index in [1.807, 2.05) is 24.3 Å². The van der Waals surface area contributed by atoms with Crippen LogP contribution >= 0.6 is 0 Å². The average Bonchev–Trinajstić information content (AvgIpc) is 4.15. The maximum absolute atomic E-state index is 2.99. The maximum atomic E-state index is 2.99. The van der Waals surface area contributed by atoms with Gasteiger partial charge in [0.1, 0.15) is 0 Å². The van der Waals surface area contributed by atoms with E-state index in [0.29, 0.717) is 0 Å². The van der Waals surface area contributed by atoms with Crippen LogP contribution in [0.5, 0.6) is 0 Å². The van der Waals surface area contributed by atoms with Gasteiger partial charge in [-0.3, -0.25) is 12.2 Å². The molecule has 0 heterocycles. The van der Waals surface area contributed by atoms with E-state index in [1.165, 1.54) is 110 Å². The molecule has 0 unspecified atom stereocenters. The molecule has 10 rings (SSSR count). The first kappa shape index (κ1) is 49.9. The second-order valence-electron chi connectivity index (χ2n) is 13.5.